The third-order valence-electron chi connectivity index (χ3n) is 3.57. The van der Waals surface area contributed by atoms with Gasteiger partial charge in [-0.25, -0.2) is 0 Å². The first kappa shape index (κ1) is 13.9. The molecule has 0 heterocycles. The Labute approximate surface area is 114 Å². The van der Waals surface area contributed by atoms with E-state index in [1.54, 1.807) is 7.05 Å². The zero-order valence-corrected chi connectivity index (χ0v) is 11.4. The fourth-order valence-electron chi connectivity index (χ4n) is 2.47. The van der Waals surface area contributed by atoms with Crippen LogP contribution in [0.4, 0.5) is 0 Å². The number of benzene rings is 1. The molecule has 4 heteroatoms. The third-order valence-corrected chi connectivity index (χ3v) is 3.57. The van der Waals surface area contributed by atoms with Crippen molar-refractivity contribution in [1.82, 2.24) is 5.32 Å². The standard InChI is InChI=1S/C15H22N2O2/c1-17-15(18)6-3-9-19-12-7-8-13-11(10-12)4-2-5-14(13)16/h7-8,10,14H,2-6,9,16H2,1H3,(H,17,18). The van der Waals surface area contributed by atoms with Crippen LogP contribution >= 0.6 is 0 Å². The maximum absolute atomic E-state index is 11.1. The fraction of sp³-hybridized carbons (Fsp3) is 0.533. The summed E-state index contributed by atoms with van der Waals surface area (Å²) in [5, 5.41) is 2.60. The van der Waals surface area contributed by atoms with Gasteiger partial charge >= 0.3 is 0 Å². The van der Waals surface area contributed by atoms with E-state index in [-0.39, 0.29) is 11.9 Å². The van der Waals surface area contributed by atoms with Gasteiger partial charge in [-0.3, -0.25) is 4.79 Å². The van der Waals surface area contributed by atoms with E-state index < -0.39 is 0 Å². The van der Waals surface area contributed by atoms with Crippen LogP contribution in [0.25, 0.3) is 0 Å². The summed E-state index contributed by atoms with van der Waals surface area (Å²) >= 11 is 0. The molecule has 1 aliphatic rings. The molecule has 1 aromatic rings. The Balaban J connectivity index is 1.86. The first-order chi connectivity index (χ1) is 9.20. The largest absolute Gasteiger partial charge is 0.494 e. The van der Waals surface area contributed by atoms with E-state index in [1.807, 2.05) is 6.07 Å². The molecule has 1 aliphatic carbocycles. The van der Waals surface area contributed by atoms with E-state index in [0.29, 0.717) is 13.0 Å². The van der Waals surface area contributed by atoms with Crippen molar-refractivity contribution in [2.75, 3.05) is 13.7 Å². The number of amides is 1. The van der Waals surface area contributed by atoms with Crippen molar-refractivity contribution >= 4 is 5.91 Å². The zero-order chi connectivity index (χ0) is 13.7. The van der Waals surface area contributed by atoms with Crippen LogP contribution in [-0.4, -0.2) is 19.6 Å². The number of hydrogen-bond acceptors (Lipinski definition) is 3. The molecule has 0 aliphatic heterocycles. The van der Waals surface area contributed by atoms with E-state index >= 15 is 0 Å². The van der Waals surface area contributed by atoms with E-state index in [2.05, 4.69) is 17.4 Å². The van der Waals surface area contributed by atoms with Crippen molar-refractivity contribution in [2.24, 2.45) is 5.73 Å². The SMILES string of the molecule is CNC(=O)CCCOc1ccc2c(c1)CCCC2N. The number of rotatable bonds is 5. The minimum Gasteiger partial charge on any atom is -0.494 e. The Kier molecular flexibility index (Phi) is 4.80. The third kappa shape index (κ3) is 3.70. The molecule has 104 valence electrons. The predicted octanol–water partition coefficient (Wildman–Crippen LogP) is 1.93. The van der Waals surface area contributed by atoms with Gasteiger partial charge in [0, 0.05) is 19.5 Å². The number of nitrogens with two attached hydrogens (primary N) is 1. The summed E-state index contributed by atoms with van der Waals surface area (Å²) in [5.74, 6) is 0.935. The molecule has 1 aromatic carbocycles. The van der Waals surface area contributed by atoms with Gasteiger partial charge in [-0.15, -0.1) is 0 Å². The van der Waals surface area contributed by atoms with E-state index in [9.17, 15) is 4.79 Å². The first-order valence-electron chi connectivity index (χ1n) is 6.92. The van der Waals surface area contributed by atoms with Crippen molar-refractivity contribution in [1.29, 1.82) is 0 Å². The maximum atomic E-state index is 11.1. The molecule has 1 atom stereocenters. The summed E-state index contributed by atoms with van der Waals surface area (Å²) < 4.78 is 5.68. The van der Waals surface area contributed by atoms with Gasteiger partial charge in [0.2, 0.25) is 5.91 Å². The molecule has 0 radical (unpaired) electrons. The Morgan fingerprint density at radius 2 is 2.37 bits per heavy atom. The molecule has 0 fully saturated rings. The van der Waals surface area contributed by atoms with Gasteiger partial charge in [0.05, 0.1) is 6.61 Å². The molecule has 0 aromatic heterocycles. The molecular formula is C15H22N2O2. The number of carbonyl (C=O) groups is 1. The minimum atomic E-state index is 0.0556. The molecule has 0 bridgehead atoms. The minimum absolute atomic E-state index is 0.0556. The maximum Gasteiger partial charge on any atom is 0.219 e. The zero-order valence-electron chi connectivity index (χ0n) is 11.4. The van der Waals surface area contributed by atoms with Crippen LogP contribution < -0.4 is 15.8 Å². The second-order valence-electron chi connectivity index (χ2n) is 4.98. The van der Waals surface area contributed by atoms with Crippen molar-refractivity contribution < 1.29 is 9.53 Å². The molecular weight excluding hydrogens is 240 g/mol. The predicted molar refractivity (Wildman–Crippen MR) is 75.1 cm³/mol. The Bertz CT molecular complexity index is 446. The van der Waals surface area contributed by atoms with Crippen LogP contribution in [0.15, 0.2) is 18.2 Å². The molecule has 0 saturated carbocycles. The van der Waals surface area contributed by atoms with Crippen molar-refractivity contribution in [2.45, 2.75) is 38.1 Å². The topological polar surface area (TPSA) is 64.3 Å². The van der Waals surface area contributed by atoms with Crippen molar-refractivity contribution in [3.63, 3.8) is 0 Å². The number of hydrogen-bond donors (Lipinski definition) is 2. The van der Waals surface area contributed by atoms with Gasteiger partial charge in [-0.05, 0) is 48.9 Å². The average Bonchev–Trinajstić information content (AvgIpc) is 2.43. The van der Waals surface area contributed by atoms with Gasteiger partial charge in [0.1, 0.15) is 5.75 Å². The molecule has 0 spiro atoms. The highest BCUT2D eigenvalue weighted by Crippen LogP contribution is 2.30. The van der Waals surface area contributed by atoms with Crippen molar-refractivity contribution in [3.05, 3.63) is 29.3 Å². The molecule has 19 heavy (non-hydrogen) atoms. The van der Waals surface area contributed by atoms with Crippen LogP contribution in [0.3, 0.4) is 0 Å². The summed E-state index contributed by atoms with van der Waals surface area (Å²) in [4.78, 5) is 11.1. The highest BCUT2D eigenvalue weighted by molar-refractivity contribution is 5.75. The summed E-state index contributed by atoms with van der Waals surface area (Å²) in [6.07, 6.45) is 4.54. The Morgan fingerprint density at radius 1 is 1.53 bits per heavy atom. The summed E-state index contributed by atoms with van der Waals surface area (Å²) in [7, 11) is 1.65. The van der Waals surface area contributed by atoms with Gasteiger partial charge in [0.25, 0.3) is 0 Å². The number of carbonyl (C=O) groups excluding carboxylic acids is 1. The van der Waals surface area contributed by atoms with E-state index in [0.717, 1.165) is 31.4 Å². The lowest BCUT2D eigenvalue weighted by atomic mass is 9.88. The average molecular weight is 262 g/mol. The molecule has 4 nitrogen and oxygen atoms in total. The van der Waals surface area contributed by atoms with Crippen LogP contribution in [0.5, 0.6) is 5.75 Å². The summed E-state index contributed by atoms with van der Waals surface area (Å²) in [5.41, 5.74) is 8.64. The molecule has 1 amide bonds. The Hall–Kier alpha value is -1.55. The summed E-state index contributed by atoms with van der Waals surface area (Å²) in [6.45, 7) is 0.568. The second kappa shape index (κ2) is 6.57. The van der Waals surface area contributed by atoms with Gasteiger partial charge in [-0.1, -0.05) is 6.07 Å². The number of nitrogens with one attached hydrogen (secondary N) is 1. The molecule has 3 N–H and O–H groups in total. The van der Waals surface area contributed by atoms with Crippen LogP contribution in [-0.2, 0) is 11.2 Å². The lowest BCUT2D eigenvalue weighted by Gasteiger charge is -2.22. The van der Waals surface area contributed by atoms with E-state index in [4.69, 9.17) is 10.5 Å². The van der Waals surface area contributed by atoms with Gasteiger partial charge in [-0.2, -0.15) is 0 Å². The number of fused-ring (bicyclic) bond motifs is 1. The lowest BCUT2D eigenvalue weighted by molar-refractivity contribution is -0.120. The first-order valence-corrected chi connectivity index (χ1v) is 6.92. The smallest absolute Gasteiger partial charge is 0.219 e. The van der Waals surface area contributed by atoms with Crippen LogP contribution in [0.1, 0.15) is 42.9 Å². The van der Waals surface area contributed by atoms with Crippen LogP contribution in [0, 0.1) is 0 Å². The lowest BCUT2D eigenvalue weighted by Crippen LogP contribution is -2.18. The number of ether oxygens (including phenoxy) is 1. The Morgan fingerprint density at radius 3 is 3.16 bits per heavy atom. The van der Waals surface area contributed by atoms with Gasteiger partial charge in [0.15, 0.2) is 0 Å². The highest BCUT2D eigenvalue weighted by Gasteiger charge is 2.16. The fourth-order valence-corrected chi connectivity index (χ4v) is 2.47. The van der Waals surface area contributed by atoms with Crippen LogP contribution in [0.2, 0.25) is 0 Å². The van der Waals surface area contributed by atoms with Gasteiger partial charge < -0.3 is 15.8 Å². The molecule has 2 rings (SSSR count). The number of aryl methyl sites for hydroxylation is 1. The van der Waals surface area contributed by atoms with Crippen molar-refractivity contribution in [3.8, 4) is 5.75 Å². The highest BCUT2D eigenvalue weighted by atomic mass is 16.5. The second-order valence-corrected chi connectivity index (χ2v) is 4.98. The quantitative estimate of drug-likeness (QED) is 0.797. The molecule has 0 saturated heterocycles. The monoisotopic (exact) mass is 262 g/mol. The van der Waals surface area contributed by atoms with E-state index in [1.165, 1.54) is 11.1 Å². The summed E-state index contributed by atoms with van der Waals surface area (Å²) in [6, 6.07) is 6.32. The normalized spacial score (nSPS) is 17.7. The molecule has 1 unspecified atom stereocenters.